The van der Waals surface area contributed by atoms with Crippen LogP contribution >= 0.6 is 0 Å². The van der Waals surface area contributed by atoms with Crippen molar-refractivity contribution in [2.24, 2.45) is 5.41 Å². The maximum absolute atomic E-state index is 11.1. The molecule has 1 amide bonds. The summed E-state index contributed by atoms with van der Waals surface area (Å²) in [5, 5.41) is 0. The van der Waals surface area contributed by atoms with Crippen LogP contribution in [0.5, 0.6) is 0 Å². The van der Waals surface area contributed by atoms with E-state index < -0.39 is 0 Å². The average Bonchev–Trinajstić information content (AvgIpc) is 2.02. The zero-order valence-corrected chi connectivity index (χ0v) is 9.84. The Morgan fingerprint density at radius 3 is 2.00 bits per heavy atom. The van der Waals surface area contributed by atoms with E-state index in [4.69, 9.17) is 0 Å². The van der Waals surface area contributed by atoms with Crippen LogP contribution in [0.25, 0.3) is 0 Å². The fourth-order valence-corrected chi connectivity index (χ4v) is 1.89. The lowest BCUT2D eigenvalue weighted by molar-refractivity contribution is -0.130. The Labute approximate surface area is 87.1 Å². The van der Waals surface area contributed by atoms with E-state index in [-0.39, 0.29) is 5.91 Å². The van der Waals surface area contributed by atoms with Gasteiger partial charge < -0.3 is 4.90 Å². The number of carbonyl (C=O) groups excluding carboxylic acids is 1. The van der Waals surface area contributed by atoms with E-state index >= 15 is 0 Å². The summed E-state index contributed by atoms with van der Waals surface area (Å²) in [6.45, 7) is 13.4. The fourth-order valence-electron chi connectivity index (χ4n) is 1.89. The number of hydrogen-bond donors (Lipinski definition) is 0. The highest BCUT2D eigenvalue weighted by atomic mass is 16.2. The molecule has 1 heterocycles. The molecule has 0 aromatic rings. The SMILES string of the molecule is CC(=O)N1CCN(CC(C)(C)C)CC1. The van der Waals surface area contributed by atoms with E-state index in [2.05, 4.69) is 25.7 Å². The second-order valence-corrected chi connectivity index (χ2v) is 5.34. The van der Waals surface area contributed by atoms with E-state index in [9.17, 15) is 4.79 Å². The first kappa shape index (κ1) is 11.5. The number of hydrogen-bond acceptors (Lipinski definition) is 2. The summed E-state index contributed by atoms with van der Waals surface area (Å²) < 4.78 is 0. The Morgan fingerprint density at radius 2 is 1.64 bits per heavy atom. The van der Waals surface area contributed by atoms with Crippen LogP contribution in [-0.2, 0) is 4.79 Å². The molecule has 0 atom stereocenters. The summed E-state index contributed by atoms with van der Waals surface area (Å²) in [5.74, 6) is 0.209. The molecule has 14 heavy (non-hydrogen) atoms. The molecule has 1 aliphatic heterocycles. The minimum absolute atomic E-state index is 0.209. The van der Waals surface area contributed by atoms with Gasteiger partial charge in [0.05, 0.1) is 0 Å². The van der Waals surface area contributed by atoms with Crippen molar-refractivity contribution in [2.75, 3.05) is 32.7 Å². The summed E-state index contributed by atoms with van der Waals surface area (Å²) >= 11 is 0. The van der Waals surface area contributed by atoms with Gasteiger partial charge in [-0.2, -0.15) is 0 Å². The Hall–Kier alpha value is -0.570. The van der Waals surface area contributed by atoms with Gasteiger partial charge in [0, 0.05) is 39.6 Å². The molecule has 0 bridgehead atoms. The van der Waals surface area contributed by atoms with Crippen LogP contribution in [0.3, 0.4) is 0 Å². The first-order valence-corrected chi connectivity index (χ1v) is 5.36. The molecule has 82 valence electrons. The Bertz CT molecular complexity index is 200. The van der Waals surface area contributed by atoms with E-state index in [0.29, 0.717) is 5.41 Å². The molecule has 3 heteroatoms. The molecule has 0 spiro atoms. The highest BCUT2D eigenvalue weighted by Crippen LogP contribution is 2.16. The van der Waals surface area contributed by atoms with Crippen LogP contribution in [0.4, 0.5) is 0 Å². The number of rotatable bonds is 1. The zero-order valence-electron chi connectivity index (χ0n) is 9.84. The summed E-state index contributed by atoms with van der Waals surface area (Å²) in [5.41, 5.74) is 0.360. The highest BCUT2D eigenvalue weighted by molar-refractivity contribution is 5.73. The molecular weight excluding hydrogens is 176 g/mol. The highest BCUT2D eigenvalue weighted by Gasteiger charge is 2.22. The third kappa shape index (κ3) is 3.66. The minimum Gasteiger partial charge on any atom is -0.340 e. The number of piperazine rings is 1. The third-order valence-corrected chi connectivity index (χ3v) is 2.52. The number of carbonyl (C=O) groups is 1. The monoisotopic (exact) mass is 198 g/mol. The molecule has 3 nitrogen and oxygen atoms in total. The van der Waals surface area contributed by atoms with Gasteiger partial charge >= 0.3 is 0 Å². The molecule has 1 aliphatic rings. The van der Waals surface area contributed by atoms with E-state index in [1.807, 2.05) is 4.90 Å². The maximum atomic E-state index is 11.1. The quantitative estimate of drug-likeness (QED) is 0.632. The lowest BCUT2D eigenvalue weighted by atomic mass is 9.96. The van der Waals surface area contributed by atoms with Gasteiger partial charge in [0.15, 0.2) is 0 Å². The third-order valence-electron chi connectivity index (χ3n) is 2.52. The van der Waals surface area contributed by atoms with Crippen molar-refractivity contribution in [3.05, 3.63) is 0 Å². The van der Waals surface area contributed by atoms with E-state index in [0.717, 1.165) is 32.7 Å². The molecule has 0 aromatic heterocycles. The van der Waals surface area contributed by atoms with Gasteiger partial charge in [0.1, 0.15) is 0 Å². The molecule has 0 saturated carbocycles. The topological polar surface area (TPSA) is 23.6 Å². The van der Waals surface area contributed by atoms with Gasteiger partial charge in [-0.3, -0.25) is 9.69 Å². The molecule has 0 unspecified atom stereocenters. The van der Waals surface area contributed by atoms with Gasteiger partial charge in [-0.25, -0.2) is 0 Å². The Morgan fingerprint density at radius 1 is 1.14 bits per heavy atom. The second-order valence-electron chi connectivity index (χ2n) is 5.34. The number of amides is 1. The largest absolute Gasteiger partial charge is 0.340 e. The van der Waals surface area contributed by atoms with Gasteiger partial charge in [0.25, 0.3) is 0 Å². The fraction of sp³-hybridized carbons (Fsp3) is 0.909. The maximum Gasteiger partial charge on any atom is 0.219 e. The van der Waals surface area contributed by atoms with Crippen molar-refractivity contribution in [3.63, 3.8) is 0 Å². The van der Waals surface area contributed by atoms with Crippen LogP contribution in [0.1, 0.15) is 27.7 Å². The normalized spacial score (nSPS) is 19.9. The van der Waals surface area contributed by atoms with Crippen molar-refractivity contribution in [1.29, 1.82) is 0 Å². The molecule has 1 fully saturated rings. The smallest absolute Gasteiger partial charge is 0.219 e. The summed E-state index contributed by atoms with van der Waals surface area (Å²) in [6, 6.07) is 0. The van der Waals surface area contributed by atoms with Crippen molar-refractivity contribution >= 4 is 5.91 Å². The predicted molar refractivity (Wildman–Crippen MR) is 58.1 cm³/mol. The molecule has 0 aliphatic carbocycles. The zero-order chi connectivity index (χ0) is 10.8. The first-order valence-electron chi connectivity index (χ1n) is 5.36. The molecule has 0 aromatic carbocycles. The van der Waals surface area contributed by atoms with Crippen molar-refractivity contribution in [3.8, 4) is 0 Å². The van der Waals surface area contributed by atoms with Crippen molar-refractivity contribution in [1.82, 2.24) is 9.80 Å². The lowest BCUT2D eigenvalue weighted by Gasteiger charge is -2.37. The van der Waals surface area contributed by atoms with Crippen LogP contribution < -0.4 is 0 Å². The Kier molecular flexibility index (Phi) is 3.53. The minimum atomic E-state index is 0.209. The van der Waals surface area contributed by atoms with Crippen LogP contribution in [0, 0.1) is 5.41 Å². The Balaban J connectivity index is 2.33. The van der Waals surface area contributed by atoms with Gasteiger partial charge in [-0.1, -0.05) is 20.8 Å². The van der Waals surface area contributed by atoms with Gasteiger partial charge in [-0.15, -0.1) is 0 Å². The molecule has 0 N–H and O–H groups in total. The standard InChI is InChI=1S/C11H22N2O/c1-10(14)13-7-5-12(6-8-13)9-11(2,3)4/h5-9H2,1-4H3. The second kappa shape index (κ2) is 4.30. The van der Waals surface area contributed by atoms with Crippen LogP contribution in [-0.4, -0.2) is 48.4 Å². The first-order chi connectivity index (χ1) is 6.38. The van der Waals surface area contributed by atoms with Crippen molar-refractivity contribution in [2.45, 2.75) is 27.7 Å². The van der Waals surface area contributed by atoms with Crippen LogP contribution in [0.2, 0.25) is 0 Å². The lowest BCUT2D eigenvalue weighted by Crippen LogP contribution is -2.49. The molecule has 0 radical (unpaired) electrons. The molecule has 1 saturated heterocycles. The van der Waals surface area contributed by atoms with E-state index in [1.165, 1.54) is 0 Å². The number of nitrogens with zero attached hydrogens (tertiary/aromatic N) is 2. The van der Waals surface area contributed by atoms with E-state index in [1.54, 1.807) is 6.92 Å². The summed E-state index contributed by atoms with van der Waals surface area (Å²) in [4.78, 5) is 15.5. The van der Waals surface area contributed by atoms with Gasteiger partial charge in [0.2, 0.25) is 5.91 Å². The molecule has 1 rings (SSSR count). The summed E-state index contributed by atoms with van der Waals surface area (Å²) in [6.07, 6.45) is 0. The summed E-state index contributed by atoms with van der Waals surface area (Å²) in [7, 11) is 0. The predicted octanol–water partition coefficient (Wildman–Crippen LogP) is 1.20. The van der Waals surface area contributed by atoms with Crippen LogP contribution in [0.15, 0.2) is 0 Å². The molecular formula is C11H22N2O. The van der Waals surface area contributed by atoms with Gasteiger partial charge in [-0.05, 0) is 5.41 Å². The van der Waals surface area contributed by atoms with Crippen molar-refractivity contribution < 1.29 is 4.79 Å². The average molecular weight is 198 g/mol.